The molecule has 0 aliphatic rings. The van der Waals surface area contributed by atoms with Crippen molar-refractivity contribution >= 4 is 118 Å². The van der Waals surface area contributed by atoms with E-state index >= 15 is 0 Å². The van der Waals surface area contributed by atoms with Gasteiger partial charge in [-0.05, 0) is 119 Å². The standard InChI is InChI=1S/C61H34N4OS2/c1-2-13-36-33-51-47(30-35(36)12-1)40-14-3-7-19-50(40)65(51)39-26-27-44(46(34-39)43-18-11-21-53-58(43)45-17-4-8-20-52(45)66-53)61-63-59(37-24-28-56-48(31-37)41-15-5-9-22-54(41)67-56)62-60(64-61)38-25-29-57-49(32-38)42-16-6-10-23-55(42)68-57/h1-34H. The molecule has 15 aromatic rings. The van der Waals surface area contributed by atoms with Crippen molar-refractivity contribution in [3.8, 4) is 51.0 Å². The van der Waals surface area contributed by atoms with Crippen molar-refractivity contribution in [2.45, 2.75) is 0 Å². The fourth-order valence-corrected chi connectivity index (χ4v) is 12.7. The molecule has 0 radical (unpaired) electrons. The van der Waals surface area contributed by atoms with Gasteiger partial charge in [0.2, 0.25) is 0 Å². The molecule has 0 aliphatic carbocycles. The number of fused-ring (bicyclic) bond motifs is 13. The first-order valence-corrected chi connectivity index (χ1v) is 24.4. The van der Waals surface area contributed by atoms with E-state index < -0.39 is 0 Å². The molecule has 5 nitrogen and oxygen atoms in total. The predicted octanol–water partition coefficient (Wildman–Crippen LogP) is 17.4. The lowest BCUT2D eigenvalue weighted by Gasteiger charge is -2.16. The number of benzene rings is 10. The molecule has 0 atom stereocenters. The highest BCUT2D eigenvalue weighted by Gasteiger charge is 2.23. The molecule has 5 aromatic heterocycles. The Balaban J connectivity index is 1.02. The summed E-state index contributed by atoms with van der Waals surface area (Å²) in [5, 5.41) is 11.8. The molecule has 0 saturated heterocycles. The number of nitrogens with zero attached hydrogens (tertiary/aromatic N) is 4. The summed E-state index contributed by atoms with van der Waals surface area (Å²) >= 11 is 3.62. The number of rotatable bonds is 5. The summed E-state index contributed by atoms with van der Waals surface area (Å²) in [4.78, 5) is 16.3. The van der Waals surface area contributed by atoms with Crippen molar-refractivity contribution in [3.05, 3.63) is 206 Å². The second kappa shape index (κ2) is 14.5. The lowest BCUT2D eigenvalue weighted by molar-refractivity contribution is 0.669. The molecule has 5 heterocycles. The zero-order chi connectivity index (χ0) is 44.5. The Kier molecular flexibility index (Phi) is 8.04. The van der Waals surface area contributed by atoms with Gasteiger partial charge in [-0.25, -0.2) is 15.0 Å². The summed E-state index contributed by atoms with van der Waals surface area (Å²) in [6.07, 6.45) is 0. The number of hydrogen-bond donors (Lipinski definition) is 0. The van der Waals surface area contributed by atoms with Crippen LogP contribution in [0, 0.1) is 0 Å². The molecule has 0 spiro atoms. The molecule has 15 rings (SSSR count). The number of aromatic nitrogens is 4. The maximum Gasteiger partial charge on any atom is 0.164 e. The van der Waals surface area contributed by atoms with Crippen LogP contribution in [-0.2, 0) is 0 Å². The first-order valence-electron chi connectivity index (χ1n) is 22.7. The van der Waals surface area contributed by atoms with Crippen LogP contribution in [0.5, 0.6) is 0 Å². The van der Waals surface area contributed by atoms with Gasteiger partial charge < -0.3 is 8.98 Å². The van der Waals surface area contributed by atoms with E-state index in [4.69, 9.17) is 19.4 Å². The van der Waals surface area contributed by atoms with Gasteiger partial charge in [0.15, 0.2) is 17.5 Å². The Morgan fingerprint density at radius 3 is 1.63 bits per heavy atom. The molecule has 10 aromatic carbocycles. The minimum absolute atomic E-state index is 0.593. The fraction of sp³-hybridized carbons (Fsp3) is 0. The number of furan rings is 1. The Morgan fingerprint density at radius 1 is 0.338 bits per heavy atom. The summed E-state index contributed by atoms with van der Waals surface area (Å²) in [5.41, 5.74) is 9.80. The second-order valence-electron chi connectivity index (χ2n) is 17.5. The zero-order valence-corrected chi connectivity index (χ0v) is 37.8. The molecule has 7 heteroatoms. The highest BCUT2D eigenvalue weighted by atomic mass is 32.1. The second-order valence-corrected chi connectivity index (χ2v) is 19.7. The maximum absolute atomic E-state index is 6.55. The van der Waals surface area contributed by atoms with Crippen molar-refractivity contribution in [2.24, 2.45) is 0 Å². The van der Waals surface area contributed by atoms with Gasteiger partial charge in [0.25, 0.3) is 0 Å². The minimum atomic E-state index is 0.593. The Bertz CT molecular complexity index is 4460. The first kappa shape index (κ1) is 37.7. The first-order chi connectivity index (χ1) is 33.7. The van der Waals surface area contributed by atoms with Crippen LogP contribution in [0.15, 0.2) is 211 Å². The highest BCUT2D eigenvalue weighted by Crippen LogP contribution is 2.44. The molecule has 0 N–H and O–H groups in total. The van der Waals surface area contributed by atoms with Crippen LogP contribution in [0.1, 0.15) is 0 Å². The fourth-order valence-electron chi connectivity index (χ4n) is 10.5. The average molecular weight is 903 g/mol. The van der Waals surface area contributed by atoms with Crippen molar-refractivity contribution in [3.63, 3.8) is 0 Å². The summed E-state index contributed by atoms with van der Waals surface area (Å²) in [7, 11) is 0. The SMILES string of the molecule is c1ccc2cc3c(cc2c1)c1ccccc1n3-c1ccc(-c2nc(-c3ccc4sc5ccccc5c4c3)nc(-c3ccc4sc5ccccc5c4c3)n2)c(-c2cccc3oc4ccccc4c23)c1. The average Bonchev–Trinajstić information content (AvgIpc) is 4.16. The van der Waals surface area contributed by atoms with E-state index in [0.29, 0.717) is 17.5 Å². The van der Waals surface area contributed by atoms with Crippen LogP contribution in [0.4, 0.5) is 0 Å². The normalized spacial score (nSPS) is 12.1. The largest absolute Gasteiger partial charge is 0.456 e. The van der Waals surface area contributed by atoms with Crippen LogP contribution in [-0.4, -0.2) is 19.5 Å². The van der Waals surface area contributed by atoms with E-state index in [1.54, 1.807) is 0 Å². The number of thiophene rings is 2. The summed E-state index contributed by atoms with van der Waals surface area (Å²) in [6.45, 7) is 0. The quantitative estimate of drug-likeness (QED) is 0.173. The van der Waals surface area contributed by atoms with Gasteiger partial charge in [-0.3, -0.25) is 0 Å². The summed E-state index contributed by atoms with van der Waals surface area (Å²) in [5.74, 6) is 1.83. The van der Waals surface area contributed by atoms with Gasteiger partial charge in [-0.15, -0.1) is 22.7 Å². The van der Waals surface area contributed by atoms with Crippen molar-refractivity contribution in [2.75, 3.05) is 0 Å². The third kappa shape index (κ3) is 5.70. The molecule has 0 bridgehead atoms. The van der Waals surface area contributed by atoms with E-state index in [1.165, 1.54) is 61.9 Å². The summed E-state index contributed by atoms with van der Waals surface area (Å²) in [6, 6.07) is 73.9. The van der Waals surface area contributed by atoms with Crippen molar-refractivity contribution in [1.29, 1.82) is 0 Å². The van der Waals surface area contributed by atoms with Gasteiger partial charge in [0, 0.05) is 84.3 Å². The maximum atomic E-state index is 6.55. The minimum Gasteiger partial charge on any atom is -0.456 e. The zero-order valence-electron chi connectivity index (χ0n) is 36.1. The lowest BCUT2D eigenvalue weighted by atomic mass is 9.94. The van der Waals surface area contributed by atoms with Gasteiger partial charge >= 0.3 is 0 Å². The van der Waals surface area contributed by atoms with Gasteiger partial charge in [-0.1, -0.05) is 109 Å². The Hall–Kier alpha value is -8.49. The van der Waals surface area contributed by atoms with Crippen LogP contribution < -0.4 is 0 Å². The van der Waals surface area contributed by atoms with E-state index in [9.17, 15) is 0 Å². The summed E-state index contributed by atoms with van der Waals surface area (Å²) < 4.78 is 13.9. The van der Waals surface area contributed by atoms with Crippen LogP contribution in [0.2, 0.25) is 0 Å². The van der Waals surface area contributed by atoms with Crippen LogP contribution >= 0.6 is 22.7 Å². The highest BCUT2D eigenvalue weighted by molar-refractivity contribution is 7.26. The van der Waals surface area contributed by atoms with Gasteiger partial charge in [-0.2, -0.15) is 0 Å². The molecule has 0 unspecified atom stereocenters. The third-order valence-electron chi connectivity index (χ3n) is 13.6. The molecule has 0 aliphatic heterocycles. The monoisotopic (exact) mass is 902 g/mol. The molecule has 0 saturated carbocycles. The number of hydrogen-bond acceptors (Lipinski definition) is 6. The van der Waals surface area contributed by atoms with E-state index in [2.05, 4.69) is 199 Å². The van der Waals surface area contributed by atoms with Crippen LogP contribution in [0.25, 0.3) is 146 Å². The molecule has 68 heavy (non-hydrogen) atoms. The van der Waals surface area contributed by atoms with E-state index in [0.717, 1.165) is 66.5 Å². The lowest BCUT2D eigenvalue weighted by Crippen LogP contribution is -2.02. The van der Waals surface area contributed by atoms with E-state index in [1.807, 2.05) is 34.8 Å². The predicted molar refractivity (Wildman–Crippen MR) is 286 cm³/mol. The molecule has 0 amide bonds. The Labute approximate surface area is 396 Å². The molecule has 316 valence electrons. The molecular formula is C61H34N4OS2. The van der Waals surface area contributed by atoms with Crippen molar-refractivity contribution in [1.82, 2.24) is 19.5 Å². The molecular weight excluding hydrogens is 869 g/mol. The molecule has 0 fully saturated rings. The van der Waals surface area contributed by atoms with Gasteiger partial charge in [0.1, 0.15) is 11.2 Å². The third-order valence-corrected chi connectivity index (χ3v) is 15.9. The van der Waals surface area contributed by atoms with E-state index in [-0.39, 0.29) is 0 Å². The number of para-hydroxylation sites is 2. The smallest absolute Gasteiger partial charge is 0.164 e. The van der Waals surface area contributed by atoms with Gasteiger partial charge in [0.05, 0.1) is 11.0 Å². The van der Waals surface area contributed by atoms with Crippen LogP contribution in [0.3, 0.4) is 0 Å². The topological polar surface area (TPSA) is 56.7 Å². The Morgan fingerprint density at radius 2 is 0.912 bits per heavy atom. The van der Waals surface area contributed by atoms with Crippen molar-refractivity contribution < 1.29 is 4.42 Å².